The third-order valence-corrected chi connectivity index (χ3v) is 6.85. The van der Waals surface area contributed by atoms with Gasteiger partial charge in [-0.15, -0.1) is 0 Å². The fraction of sp³-hybridized carbons (Fsp3) is 0.545. The Morgan fingerprint density at radius 2 is 1.96 bits per heavy atom. The number of H-pyrrole nitrogens is 1. The fourth-order valence-electron chi connectivity index (χ4n) is 5.00. The summed E-state index contributed by atoms with van der Waals surface area (Å²) in [6.07, 6.45) is 4.16. The van der Waals surface area contributed by atoms with E-state index >= 15 is 0 Å². The molecule has 1 N–H and O–H groups in total. The maximum Gasteiger partial charge on any atom is 0.274 e. The topological polar surface area (TPSA) is 52.2 Å². The molecule has 0 unspecified atom stereocenters. The highest BCUT2D eigenvalue weighted by molar-refractivity contribution is 5.94. The standard InChI is InChI=1S/C22H30N4O/c1-4-19-16(2)20(24-23-19)21(27)26-12-10-22(11-13-26)14-18(15-25(22)3)17-8-6-5-7-9-17/h5-9,18H,4,10-15H2,1-3H3,(H,23,24)/t18-/m1/s1. The lowest BCUT2D eigenvalue weighted by atomic mass is 9.81. The maximum absolute atomic E-state index is 13.0. The van der Waals surface area contributed by atoms with Crippen LogP contribution in [0.3, 0.4) is 0 Å². The Morgan fingerprint density at radius 1 is 1.26 bits per heavy atom. The highest BCUT2D eigenvalue weighted by Crippen LogP contribution is 2.44. The number of rotatable bonds is 3. The molecule has 1 spiro atoms. The first-order valence-corrected chi connectivity index (χ1v) is 10.1. The van der Waals surface area contributed by atoms with Crippen molar-refractivity contribution in [3.05, 3.63) is 52.8 Å². The summed E-state index contributed by atoms with van der Waals surface area (Å²) in [6, 6.07) is 10.9. The first-order valence-electron chi connectivity index (χ1n) is 10.1. The van der Waals surface area contributed by atoms with E-state index in [4.69, 9.17) is 0 Å². The monoisotopic (exact) mass is 366 g/mol. The zero-order chi connectivity index (χ0) is 19.0. The summed E-state index contributed by atoms with van der Waals surface area (Å²) in [5, 5.41) is 7.31. The number of nitrogens with zero attached hydrogens (tertiary/aromatic N) is 3. The third kappa shape index (κ3) is 3.18. The molecule has 1 amide bonds. The van der Waals surface area contributed by atoms with Crippen LogP contribution in [-0.2, 0) is 6.42 Å². The number of nitrogens with one attached hydrogen (secondary N) is 1. The number of likely N-dealkylation sites (N-methyl/N-ethyl adjacent to an activating group) is 1. The summed E-state index contributed by atoms with van der Waals surface area (Å²) in [6.45, 7) is 6.82. The number of aromatic amines is 1. The molecule has 5 heteroatoms. The number of amides is 1. The van der Waals surface area contributed by atoms with Gasteiger partial charge in [0, 0.05) is 36.4 Å². The summed E-state index contributed by atoms with van der Waals surface area (Å²) < 4.78 is 0. The molecule has 1 aromatic heterocycles. The van der Waals surface area contributed by atoms with Gasteiger partial charge in [0.2, 0.25) is 0 Å². The van der Waals surface area contributed by atoms with E-state index in [1.807, 2.05) is 11.8 Å². The van der Waals surface area contributed by atoms with Gasteiger partial charge in [0.15, 0.2) is 5.69 Å². The normalized spacial score (nSPS) is 22.5. The number of benzene rings is 1. The molecule has 0 saturated carbocycles. The van der Waals surface area contributed by atoms with E-state index in [2.05, 4.69) is 59.4 Å². The number of carbonyl (C=O) groups excluding carboxylic acids is 1. The van der Waals surface area contributed by atoms with Crippen molar-refractivity contribution >= 4 is 5.91 Å². The number of carbonyl (C=O) groups is 1. The van der Waals surface area contributed by atoms with E-state index in [0.29, 0.717) is 11.6 Å². The van der Waals surface area contributed by atoms with Crippen LogP contribution < -0.4 is 0 Å². The molecule has 2 saturated heterocycles. The van der Waals surface area contributed by atoms with Crippen LogP contribution in [0.2, 0.25) is 0 Å². The molecular weight excluding hydrogens is 336 g/mol. The lowest BCUT2D eigenvalue weighted by molar-refractivity contribution is 0.0487. The number of aryl methyl sites for hydroxylation is 1. The number of hydrogen-bond acceptors (Lipinski definition) is 3. The number of aromatic nitrogens is 2. The predicted octanol–water partition coefficient (Wildman–Crippen LogP) is 3.37. The van der Waals surface area contributed by atoms with Gasteiger partial charge in [-0.05, 0) is 51.1 Å². The molecule has 2 aliphatic rings. The minimum absolute atomic E-state index is 0.0820. The molecule has 144 valence electrons. The van der Waals surface area contributed by atoms with Crippen molar-refractivity contribution in [3.63, 3.8) is 0 Å². The molecule has 4 rings (SSSR count). The van der Waals surface area contributed by atoms with Crippen LogP contribution in [0.5, 0.6) is 0 Å². The van der Waals surface area contributed by atoms with Crippen LogP contribution in [0, 0.1) is 6.92 Å². The molecular formula is C22H30N4O. The van der Waals surface area contributed by atoms with Gasteiger partial charge in [-0.1, -0.05) is 37.3 Å². The van der Waals surface area contributed by atoms with Gasteiger partial charge >= 0.3 is 0 Å². The van der Waals surface area contributed by atoms with Gasteiger partial charge in [-0.3, -0.25) is 14.8 Å². The molecule has 0 radical (unpaired) electrons. The van der Waals surface area contributed by atoms with Crippen LogP contribution in [0.4, 0.5) is 0 Å². The van der Waals surface area contributed by atoms with Crippen LogP contribution >= 0.6 is 0 Å². The average molecular weight is 367 g/mol. The fourth-order valence-corrected chi connectivity index (χ4v) is 5.00. The lowest BCUT2D eigenvalue weighted by Crippen LogP contribution is -2.52. The van der Waals surface area contributed by atoms with Gasteiger partial charge in [-0.2, -0.15) is 5.10 Å². The molecule has 27 heavy (non-hydrogen) atoms. The van der Waals surface area contributed by atoms with Crippen LogP contribution in [0.15, 0.2) is 30.3 Å². The second-order valence-electron chi connectivity index (χ2n) is 8.24. The SMILES string of the molecule is CCc1[nH]nc(C(=O)N2CCC3(CC2)C[C@@H](c2ccccc2)CN3C)c1C. The maximum atomic E-state index is 13.0. The predicted molar refractivity (Wildman–Crippen MR) is 107 cm³/mol. The highest BCUT2D eigenvalue weighted by Gasteiger charge is 2.46. The minimum atomic E-state index is 0.0820. The Bertz CT molecular complexity index is 805. The Balaban J connectivity index is 1.44. The van der Waals surface area contributed by atoms with E-state index in [1.165, 1.54) is 12.0 Å². The van der Waals surface area contributed by atoms with Crippen molar-refractivity contribution in [3.8, 4) is 0 Å². The smallest absolute Gasteiger partial charge is 0.274 e. The number of hydrogen-bond donors (Lipinski definition) is 1. The quantitative estimate of drug-likeness (QED) is 0.906. The Hall–Kier alpha value is -2.14. The van der Waals surface area contributed by atoms with Crippen LogP contribution in [-0.4, -0.2) is 58.1 Å². The highest BCUT2D eigenvalue weighted by atomic mass is 16.2. The molecule has 0 aliphatic carbocycles. The molecule has 2 fully saturated rings. The summed E-state index contributed by atoms with van der Waals surface area (Å²) in [5.41, 5.74) is 4.34. The van der Waals surface area contributed by atoms with Crippen molar-refractivity contribution in [2.45, 2.75) is 51.0 Å². The minimum Gasteiger partial charge on any atom is -0.337 e. The molecule has 2 aromatic rings. The van der Waals surface area contributed by atoms with Crippen LogP contribution in [0.1, 0.15) is 59.4 Å². The summed E-state index contributed by atoms with van der Waals surface area (Å²) >= 11 is 0. The van der Waals surface area contributed by atoms with Gasteiger partial charge < -0.3 is 4.90 Å². The van der Waals surface area contributed by atoms with Gasteiger partial charge in [0.25, 0.3) is 5.91 Å². The third-order valence-electron chi connectivity index (χ3n) is 6.85. The lowest BCUT2D eigenvalue weighted by Gasteiger charge is -2.43. The molecule has 1 aromatic carbocycles. The van der Waals surface area contributed by atoms with Gasteiger partial charge in [-0.25, -0.2) is 0 Å². The first kappa shape index (κ1) is 18.2. The van der Waals surface area contributed by atoms with Crippen molar-refractivity contribution < 1.29 is 4.79 Å². The van der Waals surface area contributed by atoms with Crippen LogP contribution in [0.25, 0.3) is 0 Å². The van der Waals surface area contributed by atoms with Gasteiger partial charge in [0.1, 0.15) is 0 Å². The van der Waals surface area contributed by atoms with Gasteiger partial charge in [0.05, 0.1) is 0 Å². The molecule has 1 atom stereocenters. The van der Waals surface area contributed by atoms with E-state index in [-0.39, 0.29) is 11.4 Å². The average Bonchev–Trinajstić information content (AvgIpc) is 3.23. The summed E-state index contributed by atoms with van der Waals surface area (Å²) in [4.78, 5) is 17.5. The van der Waals surface area contributed by atoms with Crippen molar-refractivity contribution in [2.24, 2.45) is 0 Å². The molecule has 5 nitrogen and oxygen atoms in total. The summed E-state index contributed by atoms with van der Waals surface area (Å²) in [7, 11) is 2.26. The molecule has 2 aliphatic heterocycles. The largest absolute Gasteiger partial charge is 0.337 e. The Morgan fingerprint density at radius 3 is 2.59 bits per heavy atom. The Labute approximate surface area is 161 Å². The molecule has 0 bridgehead atoms. The summed E-state index contributed by atoms with van der Waals surface area (Å²) in [5.74, 6) is 0.678. The van der Waals surface area contributed by atoms with Crippen molar-refractivity contribution in [2.75, 3.05) is 26.7 Å². The second-order valence-corrected chi connectivity index (χ2v) is 8.24. The zero-order valence-electron chi connectivity index (χ0n) is 16.7. The van der Waals surface area contributed by atoms with Crippen molar-refractivity contribution in [1.82, 2.24) is 20.0 Å². The van der Waals surface area contributed by atoms with E-state index < -0.39 is 0 Å². The zero-order valence-corrected chi connectivity index (χ0v) is 16.7. The molecule has 3 heterocycles. The second kappa shape index (κ2) is 7.12. The number of piperidine rings is 1. The number of likely N-dealkylation sites (tertiary alicyclic amines) is 2. The Kier molecular flexibility index (Phi) is 4.81. The first-order chi connectivity index (χ1) is 13.0. The van der Waals surface area contributed by atoms with E-state index in [1.54, 1.807) is 0 Å². The van der Waals surface area contributed by atoms with E-state index in [0.717, 1.165) is 50.2 Å². The van der Waals surface area contributed by atoms with E-state index in [9.17, 15) is 4.79 Å². The van der Waals surface area contributed by atoms with Crippen molar-refractivity contribution in [1.29, 1.82) is 0 Å².